The lowest BCUT2D eigenvalue weighted by Crippen LogP contribution is -1.72. The van der Waals surface area contributed by atoms with E-state index >= 15 is 0 Å². The lowest BCUT2D eigenvalue weighted by Gasteiger charge is -1.93. The van der Waals surface area contributed by atoms with E-state index in [0.717, 1.165) is 26.5 Å². The molecule has 0 spiro atoms. The van der Waals surface area contributed by atoms with Crippen molar-refractivity contribution in [3.8, 4) is 11.3 Å². The number of aliphatic hydroxyl groups is 1. The van der Waals surface area contributed by atoms with E-state index < -0.39 is 0 Å². The lowest BCUT2D eigenvalue weighted by atomic mass is 10.2. The van der Waals surface area contributed by atoms with Crippen molar-refractivity contribution in [1.29, 1.82) is 0 Å². The maximum atomic E-state index is 9.01. The molecule has 0 fully saturated rings. The zero-order valence-electron chi connectivity index (χ0n) is 8.51. The number of thiophene rings is 1. The fourth-order valence-electron chi connectivity index (χ4n) is 1.71. The Kier molecular flexibility index (Phi) is 2.27. The second-order valence-corrected chi connectivity index (χ2v) is 4.69. The first-order chi connectivity index (χ1) is 7.86. The molecule has 2 nitrogen and oxygen atoms in total. The van der Waals surface area contributed by atoms with Crippen molar-refractivity contribution in [3.05, 3.63) is 47.3 Å². The van der Waals surface area contributed by atoms with Crippen LogP contribution in [0.5, 0.6) is 0 Å². The van der Waals surface area contributed by atoms with Crippen molar-refractivity contribution in [2.24, 2.45) is 0 Å². The summed E-state index contributed by atoms with van der Waals surface area (Å²) in [5.74, 6) is 0.881. The first-order valence-corrected chi connectivity index (χ1v) is 5.87. The quantitative estimate of drug-likeness (QED) is 0.729. The topological polar surface area (TPSA) is 33.4 Å². The summed E-state index contributed by atoms with van der Waals surface area (Å²) in [5.41, 5.74) is 1.08. The normalized spacial score (nSPS) is 11.1. The van der Waals surface area contributed by atoms with Gasteiger partial charge in [0.25, 0.3) is 0 Å². The maximum absolute atomic E-state index is 9.01. The van der Waals surface area contributed by atoms with Gasteiger partial charge in [0.2, 0.25) is 0 Å². The van der Waals surface area contributed by atoms with Crippen LogP contribution in [-0.4, -0.2) is 5.11 Å². The van der Waals surface area contributed by atoms with Crippen molar-refractivity contribution in [1.82, 2.24) is 0 Å². The average molecular weight is 230 g/mol. The first kappa shape index (κ1) is 9.63. The van der Waals surface area contributed by atoms with Crippen LogP contribution >= 0.6 is 11.3 Å². The molecule has 0 saturated heterocycles. The van der Waals surface area contributed by atoms with Gasteiger partial charge in [0.05, 0.1) is 6.61 Å². The summed E-state index contributed by atoms with van der Waals surface area (Å²) in [6, 6.07) is 14.0. The minimum atomic E-state index is 0.0789. The van der Waals surface area contributed by atoms with Crippen LogP contribution in [0.1, 0.15) is 4.88 Å². The van der Waals surface area contributed by atoms with Gasteiger partial charge >= 0.3 is 0 Å². The highest BCUT2D eigenvalue weighted by Gasteiger charge is 2.09. The number of aliphatic hydroxyl groups excluding tert-OH is 1. The Balaban J connectivity index is 2.10. The summed E-state index contributed by atoms with van der Waals surface area (Å²) < 4.78 is 5.74. The van der Waals surface area contributed by atoms with Crippen molar-refractivity contribution < 1.29 is 9.52 Å². The zero-order valence-corrected chi connectivity index (χ0v) is 9.33. The number of benzene rings is 1. The number of rotatable bonds is 2. The highest BCUT2D eigenvalue weighted by molar-refractivity contribution is 7.18. The molecular formula is C13H10O2S. The Morgan fingerprint density at radius 2 is 1.94 bits per heavy atom. The van der Waals surface area contributed by atoms with E-state index in [1.807, 2.05) is 42.5 Å². The molecule has 2 heterocycles. The molecule has 2 aromatic heterocycles. The van der Waals surface area contributed by atoms with Gasteiger partial charge in [-0.1, -0.05) is 30.3 Å². The Morgan fingerprint density at radius 1 is 1.12 bits per heavy atom. The molecule has 0 unspecified atom stereocenters. The van der Waals surface area contributed by atoms with Gasteiger partial charge in [0.15, 0.2) is 4.90 Å². The summed E-state index contributed by atoms with van der Waals surface area (Å²) in [6.07, 6.45) is 0. The Bertz CT molecular complexity index is 576. The highest BCUT2D eigenvalue weighted by Crippen LogP contribution is 2.33. The van der Waals surface area contributed by atoms with Gasteiger partial charge in [-0.25, -0.2) is 0 Å². The molecule has 3 aromatic rings. The Morgan fingerprint density at radius 3 is 2.62 bits per heavy atom. The highest BCUT2D eigenvalue weighted by atomic mass is 32.1. The fourth-order valence-corrected chi connectivity index (χ4v) is 2.57. The third kappa shape index (κ3) is 1.54. The molecule has 1 aromatic carbocycles. The van der Waals surface area contributed by atoms with Crippen molar-refractivity contribution >= 4 is 21.6 Å². The molecule has 0 amide bonds. The summed E-state index contributed by atoms with van der Waals surface area (Å²) in [7, 11) is 0. The van der Waals surface area contributed by atoms with Crippen LogP contribution in [0, 0.1) is 0 Å². The average Bonchev–Trinajstić information content (AvgIpc) is 2.87. The van der Waals surface area contributed by atoms with Crippen LogP contribution in [0.15, 0.2) is 46.9 Å². The van der Waals surface area contributed by atoms with Crippen LogP contribution < -0.4 is 0 Å². The largest absolute Gasteiger partial charge is 0.445 e. The molecule has 0 radical (unpaired) electrons. The van der Waals surface area contributed by atoms with E-state index in [4.69, 9.17) is 9.52 Å². The summed E-state index contributed by atoms with van der Waals surface area (Å²) in [4.78, 5) is 1.82. The second-order valence-electron chi connectivity index (χ2n) is 3.59. The van der Waals surface area contributed by atoms with Crippen LogP contribution in [0.4, 0.5) is 0 Å². The molecule has 0 saturated carbocycles. The summed E-state index contributed by atoms with van der Waals surface area (Å²) in [6.45, 7) is 0.0789. The molecule has 0 aliphatic rings. The van der Waals surface area contributed by atoms with Gasteiger partial charge in [0.1, 0.15) is 5.76 Å². The van der Waals surface area contributed by atoms with Crippen molar-refractivity contribution in [3.63, 3.8) is 0 Å². The molecule has 3 heteroatoms. The van der Waals surface area contributed by atoms with Gasteiger partial charge in [-0.2, -0.15) is 0 Å². The third-order valence-electron chi connectivity index (χ3n) is 2.48. The zero-order chi connectivity index (χ0) is 11.0. The number of hydrogen-bond donors (Lipinski definition) is 1. The first-order valence-electron chi connectivity index (χ1n) is 5.05. The Hall–Kier alpha value is -1.58. The van der Waals surface area contributed by atoms with E-state index in [1.165, 1.54) is 11.3 Å². The van der Waals surface area contributed by atoms with E-state index in [0.29, 0.717) is 0 Å². The van der Waals surface area contributed by atoms with Crippen LogP contribution in [0.25, 0.3) is 21.6 Å². The molecule has 0 atom stereocenters. The van der Waals surface area contributed by atoms with Crippen LogP contribution in [-0.2, 0) is 6.61 Å². The summed E-state index contributed by atoms with van der Waals surface area (Å²) in [5, 5.41) is 10.1. The van der Waals surface area contributed by atoms with Gasteiger partial charge in [-0.05, 0) is 12.1 Å². The van der Waals surface area contributed by atoms with Crippen LogP contribution in [0.2, 0.25) is 0 Å². The molecule has 3 rings (SSSR count). The second kappa shape index (κ2) is 3.77. The molecule has 1 N–H and O–H groups in total. The molecular weight excluding hydrogens is 220 g/mol. The molecule has 16 heavy (non-hydrogen) atoms. The fraction of sp³-hybridized carbons (Fsp3) is 0.0769. The van der Waals surface area contributed by atoms with Crippen molar-refractivity contribution in [2.75, 3.05) is 0 Å². The van der Waals surface area contributed by atoms with E-state index in [9.17, 15) is 0 Å². The van der Waals surface area contributed by atoms with Crippen LogP contribution in [0.3, 0.4) is 0 Å². The molecule has 0 bridgehead atoms. The minimum Gasteiger partial charge on any atom is -0.445 e. The predicted octanol–water partition coefficient (Wildman–Crippen LogP) is 3.65. The number of hydrogen-bond acceptors (Lipinski definition) is 3. The number of furan rings is 1. The molecule has 0 aliphatic carbocycles. The van der Waals surface area contributed by atoms with Gasteiger partial charge in [-0.15, -0.1) is 11.3 Å². The SMILES string of the molecule is OCc1cc2cc(-c3ccccc3)oc2s1. The molecule has 80 valence electrons. The minimum absolute atomic E-state index is 0.0789. The number of fused-ring (bicyclic) bond motifs is 1. The van der Waals surface area contributed by atoms with E-state index in [1.54, 1.807) is 0 Å². The lowest BCUT2D eigenvalue weighted by molar-refractivity contribution is 0.285. The van der Waals surface area contributed by atoms with Gasteiger partial charge < -0.3 is 9.52 Å². The standard InChI is InChI=1S/C13H10O2S/c14-8-11-6-10-7-12(15-13(10)16-11)9-4-2-1-3-5-9/h1-7,14H,8H2. The monoisotopic (exact) mass is 230 g/mol. The van der Waals surface area contributed by atoms with E-state index in [-0.39, 0.29) is 6.61 Å². The smallest absolute Gasteiger partial charge is 0.188 e. The Labute approximate surface area is 96.8 Å². The third-order valence-corrected chi connectivity index (χ3v) is 3.49. The molecule has 0 aliphatic heterocycles. The van der Waals surface area contributed by atoms with Gasteiger partial charge in [0, 0.05) is 15.8 Å². The van der Waals surface area contributed by atoms with Crippen molar-refractivity contribution in [2.45, 2.75) is 6.61 Å². The summed E-state index contributed by atoms with van der Waals surface area (Å²) >= 11 is 1.50. The predicted molar refractivity (Wildman–Crippen MR) is 65.4 cm³/mol. The maximum Gasteiger partial charge on any atom is 0.188 e. The van der Waals surface area contributed by atoms with Gasteiger partial charge in [-0.3, -0.25) is 0 Å². The van der Waals surface area contributed by atoms with E-state index in [2.05, 4.69) is 0 Å².